The van der Waals surface area contributed by atoms with Crippen molar-refractivity contribution in [3.05, 3.63) is 33.2 Å². The average molecular weight is 367 g/mol. The van der Waals surface area contributed by atoms with Crippen molar-refractivity contribution in [1.82, 2.24) is 9.97 Å². The van der Waals surface area contributed by atoms with E-state index in [0.717, 1.165) is 35.6 Å². The van der Waals surface area contributed by atoms with Crippen LogP contribution in [0.15, 0.2) is 27.6 Å². The molecule has 0 amide bonds. The summed E-state index contributed by atoms with van der Waals surface area (Å²) >= 11 is 5.43. The van der Waals surface area contributed by atoms with Gasteiger partial charge in [-0.15, -0.1) is 0 Å². The van der Waals surface area contributed by atoms with Gasteiger partial charge >= 0.3 is 0 Å². The van der Waals surface area contributed by atoms with Gasteiger partial charge in [-0.2, -0.15) is 11.3 Å². The molecule has 0 radical (unpaired) electrons. The molecule has 1 N–H and O–H groups in total. The zero-order chi connectivity index (χ0) is 14.7. The second-order valence-corrected chi connectivity index (χ2v) is 6.85. The first kappa shape index (κ1) is 14.8. The van der Waals surface area contributed by atoms with Crippen LogP contribution in [-0.4, -0.2) is 22.6 Å². The van der Waals surface area contributed by atoms with Crippen molar-refractivity contribution in [1.29, 1.82) is 0 Å². The Bertz CT molecular complexity index is 583. The summed E-state index contributed by atoms with van der Waals surface area (Å²) in [5, 5.41) is 7.69. The zero-order valence-electron chi connectivity index (χ0n) is 12.1. The van der Waals surface area contributed by atoms with Crippen molar-refractivity contribution in [2.24, 2.45) is 0 Å². The molecule has 2 aromatic rings. The maximum absolute atomic E-state index is 4.52. The summed E-state index contributed by atoms with van der Waals surface area (Å²) < 4.78 is 0.973. The van der Waals surface area contributed by atoms with Gasteiger partial charge in [0.1, 0.15) is 22.4 Å². The molecule has 1 saturated carbocycles. The molecule has 3 rings (SSSR count). The molecular weight excluding hydrogens is 348 g/mol. The number of rotatable bonds is 7. The molecule has 0 unspecified atom stereocenters. The van der Waals surface area contributed by atoms with Gasteiger partial charge in [0.15, 0.2) is 0 Å². The normalized spacial score (nSPS) is 14.2. The lowest BCUT2D eigenvalue weighted by Crippen LogP contribution is -2.26. The second-order valence-electron chi connectivity index (χ2n) is 5.28. The smallest absolute Gasteiger partial charge is 0.149 e. The van der Waals surface area contributed by atoms with Crippen molar-refractivity contribution < 1.29 is 0 Å². The predicted octanol–water partition coefficient (Wildman–Crippen LogP) is 4.29. The third-order valence-electron chi connectivity index (χ3n) is 3.51. The number of thiophene rings is 1. The number of anilines is 2. The number of halogens is 1. The van der Waals surface area contributed by atoms with Crippen LogP contribution >= 0.6 is 27.3 Å². The Hall–Kier alpha value is -1.14. The summed E-state index contributed by atoms with van der Waals surface area (Å²) in [5.41, 5.74) is 1.35. The van der Waals surface area contributed by atoms with E-state index >= 15 is 0 Å². The number of nitrogens with one attached hydrogen (secondary N) is 1. The van der Waals surface area contributed by atoms with Crippen LogP contribution in [0.2, 0.25) is 0 Å². The van der Waals surface area contributed by atoms with Gasteiger partial charge in [0, 0.05) is 19.1 Å². The molecule has 1 aliphatic carbocycles. The third-order valence-corrected chi connectivity index (χ3v) is 4.97. The van der Waals surface area contributed by atoms with E-state index in [1.807, 2.05) is 0 Å². The van der Waals surface area contributed by atoms with Crippen LogP contribution in [0.25, 0.3) is 0 Å². The highest BCUT2D eigenvalue weighted by Gasteiger charge is 2.31. The molecule has 0 aliphatic heterocycles. The molecule has 1 fully saturated rings. The van der Waals surface area contributed by atoms with Crippen LogP contribution < -0.4 is 10.2 Å². The van der Waals surface area contributed by atoms with Gasteiger partial charge in [-0.1, -0.05) is 6.92 Å². The summed E-state index contributed by atoms with van der Waals surface area (Å²) in [4.78, 5) is 11.3. The molecule has 21 heavy (non-hydrogen) atoms. The monoisotopic (exact) mass is 366 g/mol. The van der Waals surface area contributed by atoms with Gasteiger partial charge in [-0.05, 0) is 57.6 Å². The van der Waals surface area contributed by atoms with Gasteiger partial charge in [0.25, 0.3) is 0 Å². The fraction of sp³-hybridized carbons (Fsp3) is 0.467. The Morgan fingerprint density at radius 2 is 2.29 bits per heavy atom. The number of hydrogen-bond donors (Lipinski definition) is 1. The largest absolute Gasteiger partial charge is 0.369 e. The molecule has 1 aliphatic rings. The quantitative estimate of drug-likeness (QED) is 0.793. The minimum atomic E-state index is 0.607. The average Bonchev–Trinajstić information content (AvgIpc) is 3.21. The van der Waals surface area contributed by atoms with Gasteiger partial charge in [-0.25, -0.2) is 9.97 Å². The lowest BCUT2D eigenvalue weighted by molar-refractivity contribution is 0.774. The molecule has 0 spiro atoms. The van der Waals surface area contributed by atoms with Crippen LogP contribution in [0.3, 0.4) is 0 Å². The fourth-order valence-electron chi connectivity index (χ4n) is 2.27. The van der Waals surface area contributed by atoms with E-state index in [1.54, 1.807) is 17.7 Å². The number of hydrogen-bond acceptors (Lipinski definition) is 5. The van der Waals surface area contributed by atoms with Crippen molar-refractivity contribution in [3.63, 3.8) is 0 Å². The third kappa shape index (κ3) is 3.55. The summed E-state index contributed by atoms with van der Waals surface area (Å²) in [5.74, 6) is 1.88. The van der Waals surface area contributed by atoms with E-state index in [-0.39, 0.29) is 0 Å². The van der Waals surface area contributed by atoms with Crippen molar-refractivity contribution in [3.8, 4) is 0 Å². The first-order chi connectivity index (χ1) is 10.3. The molecule has 0 aromatic carbocycles. The predicted molar refractivity (Wildman–Crippen MR) is 92.0 cm³/mol. The first-order valence-electron chi connectivity index (χ1n) is 7.31. The lowest BCUT2D eigenvalue weighted by Gasteiger charge is -2.24. The minimum Gasteiger partial charge on any atom is -0.369 e. The Morgan fingerprint density at radius 1 is 1.43 bits per heavy atom. The summed E-state index contributed by atoms with van der Waals surface area (Å²) in [6, 6.07) is 2.79. The van der Waals surface area contributed by atoms with Crippen molar-refractivity contribution >= 4 is 38.9 Å². The van der Waals surface area contributed by atoms with Crippen LogP contribution in [0.4, 0.5) is 11.6 Å². The Balaban J connectivity index is 1.85. The molecular formula is C15H19BrN4S. The van der Waals surface area contributed by atoms with E-state index in [4.69, 9.17) is 0 Å². The van der Waals surface area contributed by atoms with Gasteiger partial charge in [0.2, 0.25) is 0 Å². The standard InChI is InChI=1S/C15H19BrN4S/c1-2-6-17-14-13(16)15(19-10-18-14)20(12-3-4-12)8-11-5-7-21-9-11/h5,7,9-10,12H,2-4,6,8H2,1H3,(H,17,18,19). The molecule has 2 aromatic heterocycles. The molecule has 4 nitrogen and oxygen atoms in total. The highest BCUT2D eigenvalue weighted by Crippen LogP contribution is 2.37. The van der Waals surface area contributed by atoms with E-state index in [2.05, 4.69) is 59.9 Å². The van der Waals surface area contributed by atoms with Crippen LogP contribution in [0.1, 0.15) is 31.7 Å². The van der Waals surface area contributed by atoms with Crippen LogP contribution in [-0.2, 0) is 6.54 Å². The van der Waals surface area contributed by atoms with Gasteiger partial charge in [0.05, 0.1) is 0 Å². The van der Waals surface area contributed by atoms with Crippen LogP contribution in [0, 0.1) is 0 Å². The second kappa shape index (κ2) is 6.75. The highest BCUT2D eigenvalue weighted by molar-refractivity contribution is 9.10. The van der Waals surface area contributed by atoms with E-state index in [0.29, 0.717) is 6.04 Å². The van der Waals surface area contributed by atoms with E-state index in [9.17, 15) is 0 Å². The van der Waals surface area contributed by atoms with Crippen molar-refractivity contribution in [2.75, 3.05) is 16.8 Å². The molecule has 112 valence electrons. The van der Waals surface area contributed by atoms with Gasteiger partial charge < -0.3 is 10.2 Å². The fourth-order valence-corrected chi connectivity index (χ4v) is 3.50. The maximum atomic E-state index is 4.52. The number of nitrogens with zero attached hydrogens (tertiary/aromatic N) is 3. The van der Waals surface area contributed by atoms with Crippen LogP contribution in [0.5, 0.6) is 0 Å². The Labute approximate surface area is 137 Å². The van der Waals surface area contributed by atoms with Crippen molar-refractivity contribution in [2.45, 2.75) is 38.8 Å². The molecule has 0 bridgehead atoms. The van der Waals surface area contributed by atoms with E-state index < -0.39 is 0 Å². The summed E-state index contributed by atoms with van der Waals surface area (Å²) in [6.07, 6.45) is 5.23. The Kier molecular flexibility index (Phi) is 4.75. The molecule has 0 saturated heterocycles. The maximum Gasteiger partial charge on any atom is 0.149 e. The van der Waals surface area contributed by atoms with E-state index in [1.165, 1.54) is 18.4 Å². The molecule has 2 heterocycles. The lowest BCUT2D eigenvalue weighted by atomic mass is 10.3. The zero-order valence-corrected chi connectivity index (χ0v) is 14.5. The summed E-state index contributed by atoms with van der Waals surface area (Å²) in [6.45, 7) is 3.98. The summed E-state index contributed by atoms with van der Waals surface area (Å²) in [7, 11) is 0. The molecule has 0 atom stereocenters. The topological polar surface area (TPSA) is 41.1 Å². The van der Waals surface area contributed by atoms with Gasteiger partial charge in [-0.3, -0.25) is 0 Å². The Morgan fingerprint density at radius 3 is 2.95 bits per heavy atom. The highest BCUT2D eigenvalue weighted by atomic mass is 79.9. The minimum absolute atomic E-state index is 0.607. The SMILES string of the molecule is CCCNc1ncnc(N(Cc2ccsc2)C2CC2)c1Br. The molecule has 6 heteroatoms. The number of aromatic nitrogens is 2. The first-order valence-corrected chi connectivity index (χ1v) is 9.05.